The van der Waals surface area contributed by atoms with E-state index in [0.717, 1.165) is 36.3 Å². The molecule has 2 N–H and O–H groups in total. The summed E-state index contributed by atoms with van der Waals surface area (Å²) < 4.78 is 13.1. The molecule has 0 atom stereocenters. The number of hydrogen-bond acceptors (Lipinski definition) is 6. The van der Waals surface area contributed by atoms with Crippen LogP contribution >= 0.6 is 12.4 Å². The summed E-state index contributed by atoms with van der Waals surface area (Å²) in [4.78, 5) is 4.58. The van der Waals surface area contributed by atoms with Crippen molar-refractivity contribution in [2.45, 2.75) is 31.7 Å². The first-order chi connectivity index (χ1) is 13.1. The Balaban J connectivity index is 0.00000192. The van der Waals surface area contributed by atoms with Crippen LogP contribution in [0.3, 0.4) is 0 Å². The number of aromatic nitrogens is 4. The van der Waals surface area contributed by atoms with Gasteiger partial charge in [0.25, 0.3) is 5.89 Å². The lowest BCUT2D eigenvalue weighted by Crippen LogP contribution is -2.44. The van der Waals surface area contributed by atoms with Gasteiger partial charge in [-0.05, 0) is 50.5 Å². The highest BCUT2D eigenvalue weighted by Crippen LogP contribution is 2.39. The van der Waals surface area contributed by atoms with Crippen LogP contribution in [-0.2, 0) is 5.54 Å². The molecule has 3 aromatic heterocycles. The molecular formula is C20H20ClN5O2. The minimum absolute atomic E-state index is 0. The molecule has 4 aromatic rings. The number of hydrogen-bond donors (Lipinski definition) is 1. The fraction of sp³-hybridized carbons (Fsp3) is 0.250. The number of rotatable bonds is 4. The van der Waals surface area contributed by atoms with Crippen molar-refractivity contribution < 1.29 is 8.94 Å². The Hall–Kier alpha value is -2.90. The lowest BCUT2D eigenvalue weighted by Gasteiger charge is -2.34. The molecule has 28 heavy (non-hydrogen) atoms. The van der Waals surface area contributed by atoms with Crippen LogP contribution in [0.5, 0.6) is 0 Å². The van der Waals surface area contributed by atoms with Gasteiger partial charge >= 0.3 is 0 Å². The molecule has 1 aromatic carbocycles. The molecule has 144 valence electrons. The molecule has 0 radical (unpaired) electrons. The van der Waals surface area contributed by atoms with Crippen LogP contribution in [0.25, 0.3) is 28.6 Å². The highest BCUT2D eigenvalue weighted by atomic mass is 35.5. The van der Waals surface area contributed by atoms with Crippen molar-refractivity contribution in [3.8, 4) is 28.6 Å². The van der Waals surface area contributed by atoms with Crippen molar-refractivity contribution in [2.75, 3.05) is 0 Å². The van der Waals surface area contributed by atoms with Crippen molar-refractivity contribution in [2.24, 2.45) is 5.73 Å². The zero-order chi connectivity index (χ0) is 18.4. The number of furan rings is 1. The van der Waals surface area contributed by atoms with Gasteiger partial charge in [-0.3, -0.25) is 0 Å². The molecule has 1 aliphatic rings. The minimum atomic E-state index is -0.474. The fourth-order valence-corrected chi connectivity index (χ4v) is 3.30. The van der Waals surface area contributed by atoms with Crippen LogP contribution in [0.4, 0.5) is 0 Å². The standard InChI is InChI=1S/C20H19N5O2.ClH/c1-13-8-9-16(26-13)17-15(12-25(23-17)14-6-3-2-4-7-14)18-22-19(24-27-18)20(21)10-5-11-20;/h2-4,6-9,12H,5,10-11,21H2,1H3;1H. The number of aryl methyl sites for hydroxylation is 1. The van der Waals surface area contributed by atoms with E-state index in [2.05, 4.69) is 10.1 Å². The predicted molar refractivity (Wildman–Crippen MR) is 106 cm³/mol. The Morgan fingerprint density at radius 2 is 1.89 bits per heavy atom. The molecule has 0 amide bonds. The number of nitrogens with zero attached hydrogens (tertiary/aromatic N) is 4. The molecule has 0 bridgehead atoms. The van der Waals surface area contributed by atoms with Gasteiger partial charge in [-0.15, -0.1) is 12.4 Å². The molecule has 1 aliphatic carbocycles. The molecule has 3 heterocycles. The number of nitrogens with two attached hydrogens (primary N) is 1. The zero-order valence-electron chi connectivity index (χ0n) is 15.3. The van der Waals surface area contributed by atoms with Gasteiger partial charge in [0.15, 0.2) is 11.6 Å². The Morgan fingerprint density at radius 1 is 1.11 bits per heavy atom. The van der Waals surface area contributed by atoms with Gasteiger partial charge in [-0.25, -0.2) is 4.68 Å². The third-order valence-electron chi connectivity index (χ3n) is 5.06. The predicted octanol–water partition coefficient (Wildman–Crippen LogP) is 4.25. The summed E-state index contributed by atoms with van der Waals surface area (Å²) in [6.45, 7) is 1.90. The topological polar surface area (TPSA) is 95.9 Å². The van der Waals surface area contributed by atoms with Crippen LogP contribution in [-0.4, -0.2) is 19.9 Å². The van der Waals surface area contributed by atoms with Gasteiger partial charge in [0, 0.05) is 6.20 Å². The third-order valence-corrected chi connectivity index (χ3v) is 5.06. The van der Waals surface area contributed by atoms with Gasteiger partial charge in [0.1, 0.15) is 11.5 Å². The van der Waals surface area contributed by atoms with E-state index in [1.54, 1.807) is 4.68 Å². The normalized spacial score (nSPS) is 15.1. The monoisotopic (exact) mass is 397 g/mol. The molecular weight excluding hydrogens is 378 g/mol. The first-order valence-corrected chi connectivity index (χ1v) is 8.98. The lowest BCUT2D eigenvalue weighted by atomic mass is 9.77. The van der Waals surface area contributed by atoms with E-state index in [4.69, 9.17) is 19.8 Å². The molecule has 0 aliphatic heterocycles. The van der Waals surface area contributed by atoms with E-state index >= 15 is 0 Å². The van der Waals surface area contributed by atoms with Crippen LogP contribution in [0, 0.1) is 6.92 Å². The number of benzene rings is 1. The second kappa shape index (κ2) is 6.92. The van der Waals surface area contributed by atoms with E-state index in [0.29, 0.717) is 23.2 Å². The summed E-state index contributed by atoms with van der Waals surface area (Å²) in [7, 11) is 0. The molecule has 1 fully saturated rings. The minimum Gasteiger partial charge on any atom is -0.460 e. The Morgan fingerprint density at radius 3 is 2.54 bits per heavy atom. The Labute approximate surface area is 168 Å². The summed E-state index contributed by atoms with van der Waals surface area (Å²) >= 11 is 0. The van der Waals surface area contributed by atoms with Gasteiger partial charge < -0.3 is 14.7 Å². The quantitative estimate of drug-likeness (QED) is 0.553. The first-order valence-electron chi connectivity index (χ1n) is 8.98. The molecule has 0 spiro atoms. The van der Waals surface area contributed by atoms with Gasteiger partial charge in [-0.2, -0.15) is 10.1 Å². The van der Waals surface area contributed by atoms with Gasteiger partial charge in [0.2, 0.25) is 0 Å². The fourth-order valence-electron chi connectivity index (χ4n) is 3.30. The largest absolute Gasteiger partial charge is 0.460 e. The molecule has 8 heteroatoms. The highest BCUT2D eigenvalue weighted by molar-refractivity contribution is 5.85. The zero-order valence-corrected chi connectivity index (χ0v) is 16.1. The van der Waals surface area contributed by atoms with E-state index in [1.807, 2.05) is 55.6 Å². The van der Waals surface area contributed by atoms with E-state index < -0.39 is 5.54 Å². The first kappa shape index (κ1) is 18.5. The summed E-state index contributed by atoms with van der Waals surface area (Å²) in [5, 5.41) is 8.84. The van der Waals surface area contributed by atoms with Crippen molar-refractivity contribution in [1.29, 1.82) is 0 Å². The second-order valence-corrected chi connectivity index (χ2v) is 7.01. The summed E-state index contributed by atoms with van der Waals surface area (Å²) in [6.07, 6.45) is 4.71. The average molecular weight is 398 g/mol. The van der Waals surface area contributed by atoms with Crippen LogP contribution in [0.1, 0.15) is 30.8 Å². The van der Waals surface area contributed by atoms with E-state index in [-0.39, 0.29) is 12.4 Å². The summed E-state index contributed by atoms with van der Waals surface area (Å²) in [6, 6.07) is 13.7. The molecule has 7 nitrogen and oxygen atoms in total. The van der Waals surface area contributed by atoms with Crippen molar-refractivity contribution in [3.05, 3.63) is 60.2 Å². The SMILES string of the molecule is Cc1ccc(-c2nn(-c3ccccc3)cc2-c2nc(C3(N)CCC3)no2)o1.Cl. The Kier molecular flexibility index (Phi) is 4.56. The van der Waals surface area contributed by atoms with E-state index in [9.17, 15) is 0 Å². The van der Waals surface area contributed by atoms with Crippen LogP contribution in [0.2, 0.25) is 0 Å². The number of para-hydroxylation sites is 1. The average Bonchev–Trinajstić information content (AvgIpc) is 3.39. The molecule has 1 saturated carbocycles. The maximum Gasteiger partial charge on any atom is 0.261 e. The van der Waals surface area contributed by atoms with E-state index in [1.165, 1.54) is 0 Å². The number of halogens is 1. The molecule has 5 rings (SSSR count). The maximum atomic E-state index is 6.34. The molecule has 0 saturated heterocycles. The maximum absolute atomic E-state index is 6.34. The lowest BCUT2D eigenvalue weighted by molar-refractivity contribution is 0.229. The van der Waals surface area contributed by atoms with Crippen molar-refractivity contribution in [1.82, 2.24) is 19.9 Å². The van der Waals surface area contributed by atoms with Crippen molar-refractivity contribution in [3.63, 3.8) is 0 Å². The second-order valence-electron chi connectivity index (χ2n) is 7.01. The van der Waals surface area contributed by atoms with Gasteiger partial charge in [-0.1, -0.05) is 23.4 Å². The smallest absolute Gasteiger partial charge is 0.261 e. The van der Waals surface area contributed by atoms with Crippen LogP contribution < -0.4 is 5.73 Å². The Bertz CT molecular complexity index is 1090. The summed E-state index contributed by atoms with van der Waals surface area (Å²) in [5.41, 5.74) is 8.17. The highest BCUT2D eigenvalue weighted by Gasteiger charge is 2.39. The van der Waals surface area contributed by atoms with Crippen molar-refractivity contribution >= 4 is 12.4 Å². The summed E-state index contributed by atoms with van der Waals surface area (Å²) in [5.74, 6) is 2.42. The van der Waals surface area contributed by atoms with Crippen LogP contribution in [0.15, 0.2) is 57.6 Å². The third kappa shape index (κ3) is 3.02. The van der Waals surface area contributed by atoms with Gasteiger partial charge in [0.05, 0.1) is 16.8 Å². The molecule has 0 unspecified atom stereocenters.